The summed E-state index contributed by atoms with van der Waals surface area (Å²) < 4.78 is 5.34. The molecular weight excluding hydrogens is 282 g/mol. The molecule has 1 aliphatic rings. The average molecular weight is 303 g/mol. The Kier molecular flexibility index (Phi) is 4.80. The number of benzene rings is 1. The third-order valence-electron chi connectivity index (χ3n) is 3.64. The minimum atomic E-state index is -0.164. The Bertz CT molecular complexity index is 625. The molecule has 0 fully saturated rings. The van der Waals surface area contributed by atoms with E-state index < -0.39 is 0 Å². The van der Waals surface area contributed by atoms with E-state index in [9.17, 15) is 9.59 Å². The van der Waals surface area contributed by atoms with Crippen molar-refractivity contribution in [2.75, 3.05) is 21.2 Å². The van der Waals surface area contributed by atoms with Crippen molar-refractivity contribution in [3.05, 3.63) is 29.3 Å². The van der Waals surface area contributed by atoms with Crippen LogP contribution in [0.15, 0.2) is 23.3 Å². The van der Waals surface area contributed by atoms with Gasteiger partial charge >= 0.3 is 0 Å². The van der Waals surface area contributed by atoms with Crippen molar-refractivity contribution in [2.24, 2.45) is 5.10 Å². The molecule has 0 N–H and O–H groups in total. The van der Waals surface area contributed by atoms with Crippen LogP contribution < -0.4 is 4.74 Å². The van der Waals surface area contributed by atoms with Gasteiger partial charge in [-0.25, -0.2) is 5.01 Å². The van der Waals surface area contributed by atoms with E-state index in [2.05, 4.69) is 5.10 Å². The maximum atomic E-state index is 12.5. The molecule has 0 atom stereocenters. The van der Waals surface area contributed by atoms with E-state index in [1.54, 1.807) is 26.1 Å². The number of carbonyl (C=O) groups is 2. The lowest BCUT2D eigenvalue weighted by molar-refractivity contribution is -0.130. The summed E-state index contributed by atoms with van der Waals surface area (Å²) in [5.41, 5.74) is 2.47. The van der Waals surface area contributed by atoms with E-state index >= 15 is 0 Å². The number of carbonyl (C=O) groups excluding carboxylic acids is 2. The molecule has 0 spiro atoms. The van der Waals surface area contributed by atoms with Crippen molar-refractivity contribution in [1.29, 1.82) is 0 Å². The summed E-state index contributed by atoms with van der Waals surface area (Å²) in [4.78, 5) is 25.5. The van der Waals surface area contributed by atoms with Crippen LogP contribution in [-0.4, -0.2) is 48.6 Å². The molecular formula is C16H21N3O3. The summed E-state index contributed by atoms with van der Waals surface area (Å²) in [5.74, 6) is 0.519. The normalized spacial score (nSPS) is 14.6. The average Bonchev–Trinajstić information content (AvgIpc) is 2.49. The van der Waals surface area contributed by atoms with Gasteiger partial charge in [-0.05, 0) is 13.0 Å². The van der Waals surface area contributed by atoms with E-state index in [1.807, 2.05) is 25.1 Å². The second kappa shape index (κ2) is 6.60. The highest BCUT2D eigenvalue weighted by Crippen LogP contribution is 2.21. The molecule has 1 aromatic carbocycles. The number of hydrazone groups is 1. The number of nitrogens with zero attached hydrogens (tertiary/aromatic N) is 3. The van der Waals surface area contributed by atoms with Crippen LogP contribution in [0.5, 0.6) is 5.75 Å². The lowest BCUT2D eigenvalue weighted by Gasteiger charge is -2.23. The first-order valence-electron chi connectivity index (χ1n) is 7.15. The fourth-order valence-electron chi connectivity index (χ4n) is 2.40. The first-order valence-corrected chi connectivity index (χ1v) is 7.15. The standard InChI is InChI=1S/C16H21N3O3/c1-11-5-7-14(22-4)12(9-11)10-18(2)16(21)13-6-8-15(20)19(3)17-13/h5,7,9H,6,8,10H2,1-4H3. The van der Waals surface area contributed by atoms with Crippen LogP contribution in [0, 0.1) is 6.92 Å². The molecule has 1 aromatic rings. The van der Waals surface area contributed by atoms with Crippen LogP contribution in [-0.2, 0) is 16.1 Å². The Morgan fingerprint density at radius 3 is 2.77 bits per heavy atom. The van der Waals surface area contributed by atoms with Crippen molar-refractivity contribution < 1.29 is 14.3 Å². The minimum absolute atomic E-state index is 0.0699. The van der Waals surface area contributed by atoms with Gasteiger partial charge < -0.3 is 9.64 Å². The van der Waals surface area contributed by atoms with Gasteiger partial charge in [-0.3, -0.25) is 9.59 Å². The van der Waals surface area contributed by atoms with E-state index in [4.69, 9.17) is 4.74 Å². The number of rotatable bonds is 4. The summed E-state index contributed by atoms with van der Waals surface area (Å²) in [6.45, 7) is 2.43. The van der Waals surface area contributed by atoms with Gasteiger partial charge in [-0.1, -0.05) is 17.7 Å². The lowest BCUT2D eigenvalue weighted by Crippen LogP contribution is -2.38. The molecule has 0 bridgehead atoms. The zero-order valence-corrected chi connectivity index (χ0v) is 13.4. The molecule has 6 nitrogen and oxygen atoms in total. The van der Waals surface area contributed by atoms with Gasteiger partial charge in [0.05, 0.1) is 7.11 Å². The molecule has 0 unspecified atom stereocenters. The molecule has 2 rings (SSSR count). The Balaban J connectivity index is 2.14. The SMILES string of the molecule is COc1ccc(C)cc1CN(C)C(=O)C1=NN(C)C(=O)CC1. The van der Waals surface area contributed by atoms with Gasteiger partial charge in [-0.15, -0.1) is 0 Å². The number of hydrogen-bond acceptors (Lipinski definition) is 4. The third kappa shape index (κ3) is 3.44. The van der Waals surface area contributed by atoms with Crippen LogP contribution in [0.1, 0.15) is 24.0 Å². The fourth-order valence-corrected chi connectivity index (χ4v) is 2.40. The Morgan fingerprint density at radius 2 is 2.14 bits per heavy atom. The van der Waals surface area contributed by atoms with Crippen LogP contribution in [0.4, 0.5) is 0 Å². The molecule has 0 saturated carbocycles. The molecule has 1 heterocycles. The van der Waals surface area contributed by atoms with Crippen molar-refractivity contribution in [1.82, 2.24) is 9.91 Å². The quantitative estimate of drug-likeness (QED) is 0.848. The first kappa shape index (κ1) is 16.0. The molecule has 0 saturated heterocycles. The van der Waals surface area contributed by atoms with Crippen LogP contribution >= 0.6 is 0 Å². The topological polar surface area (TPSA) is 62.2 Å². The van der Waals surface area contributed by atoms with Crippen molar-refractivity contribution in [3.63, 3.8) is 0 Å². The molecule has 6 heteroatoms. The fraction of sp³-hybridized carbons (Fsp3) is 0.438. The maximum absolute atomic E-state index is 12.5. The number of ether oxygens (including phenoxy) is 1. The Labute approximate surface area is 130 Å². The molecule has 0 radical (unpaired) electrons. The summed E-state index contributed by atoms with van der Waals surface area (Å²) in [7, 11) is 4.91. The summed E-state index contributed by atoms with van der Waals surface area (Å²) in [5, 5.41) is 5.30. The van der Waals surface area contributed by atoms with Crippen LogP contribution in [0.25, 0.3) is 0 Å². The number of aryl methyl sites for hydroxylation is 1. The third-order valence-corrected chi connectivity index (χ3v) is 3.64. The second-order valence-electron chi connectivity index (χ2n) is 5.44. The van der Waals surface area contributed by atoms with Gasteiger partial charge in [-0.2, -0.15) is 5.10 Å². The van der Waals surface area contributed by atoms with Crippen LogP contribution in [0.3, 0.4) is 0 Å². The van der Waals surface area contributed by atoms with Gasteiger partial charge in [0, 0.05) is 39.0 Å². The summed E-state index contributed by atoms with van der Waals surface area (Å²) in [6.07, 6.45) is 0.708. The zero-order valence-electron chi connectivity index (χ0n) is 13.4. The Morgan fingerprint density at radius 1 is 1.41 bits per heavy atom. The molecule has 1 aliphatic heterocycles. The molecule has 118 valence electrons. The molecule has 2 amide bonds. The van der Waals surface area contributed by atoms with Gasteiger partial charge in [0.2, 0.25) is 5.91 Å². The van der Waals surface area contributed by atoms with Crippen molar-refractivity contribution >= 4 is 17.5 Å². The molecule has 0 aromatic heterocycles. The lowest BCUT2D eigenvalue weighted by atomic mass is 10.1. The minimum Gasteiger partial charge on any atom is -0.496 e. The van der Waals surface area contributed by atoms with Gasteiger partial charge in [0.15, 0.2) is 0 Å². The van der Waals surface area contributed by atoms with Crippen molar-refractivity contribution in [3.8, 4) is 5.75 Å². The largest absolute Gasteiger partial charge is 0.496 e. The monoisotopic (exact) mass is 303 g/mol. The first-order chi connectivity index (χ1) is 10.4. The Hall–Kier alpha value is -2.37. The number of hydrogen-bond donors (Lipinski definition) is 0. The highest BCUT2D eigenvalue weighted by molar-refractivity contribution is 6.39. The number of amides is 2. The van der Waals surface area contributed by atoms with Crippen LogP contribution in [0.2, 0.25) is 0 Å². The summed E-state index contributed by atoms with van der Waals surface area (Å²) >= 11 is 0. The predicted octanol–water partition coefficient (Wildman–Crippen LogP) is 1.57. The van der Waals surface area contributed by atoms with Gasteiger partial charge in [0.1, 0.15) is 11.5 Å². The molecule has 22 heavy (non-hydrogen) atoms. The van der Waals surface area contributed by atoms with E-state index in [-0.39, 0.29) is 11.8 Å². The van der Waals surface area contributed by atoms with E-state index in [1.165, 1.54) is 5.01 Å². The number of methoxy groups -OCH3 is 1. The maximum Gasteiger partial charge on any atom is 0.270 e. The van der Waals surface area contributed by atoms with E-state index in [0.29, 0.717) is 25.1 Å². The highest BCUT2D eigenvalue weighted by atomic mass is 16.5. The predicted molar refractivity (Wildman–Crippen MR) is 83.6 cm³/mol. The zero-order chi connectivity index (χ0) is 16.3. The second-order valence-corrected chi connectivity index (χ2v) is 5.44. The molecule has 0 aliphatic carbocycles. The summed E-state index contributed by atoms with van der Waals surface area (Å²) in [6, 6.07) is 5.87. The van der Waals surface area contributed by atoms with Crippen molar-refractivity contribution in [2.45, 2.75) is 26.3 Å². The highest BCUT2D eigenvalue weighted by Gasteiger charge is 2.24. The van der Waals surface area contributed by atoms with Gasteiger partial charge in [0.25, 0.3) is 5.91 Å². The smallest absolute Gasteiger partial charge is 0.270 e. The van der Waals surface area contributed by atoms with E-state index in [0.717, 1.165) is 16.9 Å².